The van der Waals surface area contributed by atoms with Gasteiger partial charge in [0.1, 0.15) is 5.75 Å². The Kier molecular flexibility index (Phi) is 8.16. The number of amides is 2. The first-order valence-electron chi connectivity index (χ1n) is 10.7. The molecule has 0 aromatic heterocycles. The van der Waals surface area contributed by atoms with Crippen molar-refractivity contribution in [3.63, 3.8) is 0 Å². The van der Waals surface area contributed by atoms with E-state index in [4.69, 9.17) is 0 Å². The van der Waals surface area contributed by atoms with E-state index in [2.05, 4.69) is 23.9 Å². The lowest BCUT2D eigenvalue weighted by Crippen LogP contribution is -2.51. The first-order valence-corrected chi connectivity index (χ1v) is 10.7. The van der Waals surface area contributed by atoms with Gasteiger partial charge in [-0.05, 0) is 29.7 Å². The van der Waals surface area contributed by atoms with Gasteiger partial charge in [-0.1, -0.05) is 50.2 Å². The van der Waals surface area contributed by atoms with Crippen molar-refractivity contribution >= 4 is 11.8 Å². The average molecular weight is 446 g/mol. The second-order valence-electron chi connectivity index (χ2n) is 8.17. The molecule has 1 unspecified atom stereocenters. The van der Waals surface area contributed by atoms with E-state index in [1.807, 2.05) is 35.2 Å². The molecule has 0 radical (unpaired) electrons. The Balaban J connectivity index is 1.51. The molecule has 3 rings (SSSR count). The fourth-order valence-electron chi connectivity index (χ4n) is 3.81. The molecule has 2 aromatic rings. The maximum atomic E-state index is 12.7. The smallest absolute Gasteiger partial charge is 0.387 e. The van der Waals surface area contributed by atoms with Crippen molar-refractivity contribution in [1.82, 2.24) is 15.1 Å². The summed E-state index contributed by atoms with van der Waals surface area (Å²) in [5.74, 6) is -0.0816. The summed E-state index contributed by atoms with van der Waals surface area (Å²) >= 11 is 0. The van der Waals surface area contributed by atoms with E-state index in [-0.39, 0.29) is 36.1 Å². The summed E-state index contributed by atoms with van der Waals surface area (Å²) in [4.78, 5) is 29.1. The highest BCUT2D eigenvalue weighted by atomic mass is 19.3. The van der Waals surface area contributed by atoms with E-state index < -0.39 is 6.61 Å². The van der Waals surface area contributed by atoms with Gasteiger partial charge in [-0.25, -0.2) is 0 Å². The molecule has 172 valence electrons. The van der Waals surface area contributed by atoms with Gasteiger partial charge in [0.2, 0.25) is 5.91 Å². The molecule has 8 heteroatoms. The third kappa shape index (κ3) is 6.50. The third-order valence-electron chi connectivity index (χ3n) is 5.47. The normalized spacial score (nSPS) is 15.6. The van der Waals surface area contributed by atoms with Crippen molar-refractivity contribution in [1.29, 1.82) is 0 Å². The number of nitrogens with zero attached hydrogens (tertiary/aromatic N) is 2. The zero-order valence-electron chi connectivity index (χ0n) is 18.3. The zero-order valence-corrected chi connectivity index (χ0v) is 18.3. The summed E-state index contributed by atoms with van der Waals surface area (Å²) in [6.07, 6.45) is 0. The van der Waals surface area contributed by atoms with E-state index >= 15 is 0 Å². The van der Waals surface area contributed by atoms with Crippen LogP contribution in [0.3, 0.4) is 0 Å². The number of ether oxygens (including phenoxy) is 1. The molecule has 0 saturated carbocycles. The second kappa shape index (κ2) is 11.0. The molecule has 0 bridgehead atoms. The molecule has 1 atom stereocenters. The summed E-state index contributed by atoms with van der Waals surface area (Å²) in [6.45, 7) is 3.50. The lowest BCUT2D eigenvalue weighted by Gasteiger charge is -2.35. The van der Waals surface area contributed by atoms with Crippen molar-refractivity contribution in [2.45, 2.75) is 26.5 Å². The Morgan fingerprint density at radius 1 is 1.00 bits per heavy atom. The Morgan fingerprint density at radius 2 is 1.69 bits per heavy atom. The molecule has 0 aliphatic carbocycles. The van der Waals surface area contributed by atoms with E-state index in [1.165, 1.54) is 18.2 Å². The van der Waals surface area contributed by atoms with Gasteiger partial charge in [0.05, 0.1) is 12.6 Å². The number of carbonyl (C=O) groups is 2. The molecule has 1 aliphatic heterocycles. The SMILES string of the molecule is CC(C)C(NC(=O)CN1CCN(C(=O)c2cccc(OC(F)F)c2)CC1)c1ccccc1. The van der Waals surface area contributed by atoms with Crippen molar-refractivity contribution in [2.24, 2.45) is 5.92 Å². The number of carbonyl (C=O) groups excluding carboxylic acids is 2. The highest BCUT2D eigenvalue weighted by Gasteiger charge is 2.25. The average Bonchev–Trinajstić information content (AvgIpc) is 2.77. The van der Waals surface area contributed by atoms with Gasteiger partial charge in [0.15, 0.2) is 0 Å². The largest absolute Gasteiger partial charge is 0.435 e. The number of piperazine rings is 1. The highest BCUT2D eigenvalue weighted by Crippen LogP contribution is 2.21. The molecule has 1 saturated heterocycles. The molecule has 1 N–H and O–H groups in total. The van der Waals surface area contributed by atoms with E-state index in [0.29, 0.717) is 31.7 Å². The van der Waals surface area contributed by atoms with Crippen LogP contribution in [0.2, 0.25) is 0 Å². The maximum Gasteiger partial charge on any atom is 0.387 e. The number of benzene rings is 2. The lowest BCUT2D eigenvalue weighted by molar-refractivity contribution is -0.123. The molecule has 1 heterocycles. The molecule has 0 spiro atoms. The quantitative estimate of drug-likeness (QED) is 0.675. The van der Waals surface area contributed by atoms with Crippen molar-refractivity contribution in [3.05, 3.63) is 65.7 Å². The molecule has 32 heavy (non-hydrogen) atoms. The minimum Gasteiger partial charge on any atom is -0.435 e. The summed E-state index contributed by atoms with van der Waals surface area (Å²) in [5.41, 5.74) is 1.38. The maximum absolute atomic E-state index is 12.7. The van der Waals surface area contributed by atoms with Gasteiger partial charge < -0.3 is 15.0 Å². The number of halogens is 2. The van der Waals surface area contributed by atoms with Crippen LogP contribution in [-0.2, 0) is 4.79 Å². The van der Waals surface area contributed by atoms with Crippen LogP contribution in [0.4, 0.5) is 8.78 Å². The monoisotopic (exact) mass is 445 g/mol. The minimum atomic E-state index is -2.94. The number of nitrogens with one attached hydrogen (secondary N) is 1. The van der Waals surface area contributed by atoms with Crippen LogP contribution < -0.4 is 10.1 Å². The van der Waals surface area contributed by atoms with Gasteiger partial charge in [0.25, 0.3) is 5.91 Å². The number of hydrogen-bond donors (Lipinski definition) is 1. The van der Waals surface area contributed by atoms with Crippen LogP contribution in [0.15, 0.2) is 54.6 Å². The van der Waals surface area contributed by atoms with Crippen LogP contribution in [0, 0.1) is 5.92 Å². The summed E-state index contributed by atoms with van der Waals surface area (Å²) in [6, 6.07) is 15.6. The lowest BCUT2D eigenvalue weighted by atomic mass is 9.96. The van der Waals surface area contributed by atoms with Crippen LogP contribution in [-0.4, -0.2) is 60.9 Å². The Bertz CT molecular complexity index is 900. The third-order valence-corrected chi connectivity index (χ3v) is 5.47. The molecule has 2 amide bonds. The second-order valence-corrected chi connectivity index (χ2v) is 8.17. The first kappa shape index (κ1) is 23.7. The topological polar surface area (TPSA) is 61.9 Å². The van der Waals surface area contributed by atoms with E-state index in [0.717, 1.165) is 5.56 Å². The minimum absolute atomic E-state index is 0.0423. The molecular weight excluding hydrogens is 416 g/mol. The van der Waals surface area contributed by atoms with Gasteiger partial charge in [-0.2, -0.15) is 8.78 Å². The summed E-state index contributed by atoms with van der Waals surface area (Å²) in [7, 11) is 0. The molecular formula is C24H29F2N3O3. The molecule has 1 fully saturated rings. The van der Waals surface area contributed by atoms with Gasteiger partial charge in [-0.3, -0.25) is 14.5 Å². The van der Waals surface area contributed by atoms with Crippen LogP contribution in [0.1, 0.15) is 35.8 Å². The Labute approximate surface area is 187 Å². The standard InChI is InChI=1S/C24H29F2N3O3/c1-17(2)22(18-7-4-3-5-8-18)27-21(30)16-28-11-13-29(14-12-28)23(31)19-9-6-10-20(15-19)32-24(25)26/h3-10,15,17,22,24H,11-14,16H2,1-2H3,(H,27,30). The van der Waals surface area contributed by atoms with Gasteiger partial charge in [-0.15, -0.1) is 0 Å². The number of hydrogen-bond acceptors (Lipinski definition) is 4. The summed E-state index contributed by atoms with van der Waals surface area (Å²) < 4.78 is 29.2. The zero-order chi connectivity index (χ0) is 23.1. The van der Waals surface area contributed by atoms with Crippen molar-refractivity contribution in [3.8, 4) is 5.75 Å². The van der Waals surface area contributed by atoms with E-state index in [1.54, 1.807) is 11.0 Å². The Hall–Kier alpha value is -3.00. The van der Waals surface area contributed by atoms with E-state index in [9.17, 15) is 18.4 Å². The van der Waals surface area contributed by atoms with Crippen molar-refractivity contribution < 1.29 is 23.1 Å². The number of alkyl halides is 2. The fraction of sp³-hybridized carbons (Fsp3) is 0.417. The van der Waals surface area contributed by atoms with Gasteiger partial charge >= 0.3 is 6.61 Å². The van der Waals surface area contributed by atoms with Crippen molar-refractivity contribution in [2.75, 3.05) is 32.7 Å². The predicted octanol–water partition coefficient (Wildman–Crippen LogP) is 3.56. The molecule has 6 nitrogen and oxygen atoms in total. The van der Waals surface area contributed by atoms with Crippen LogP contribution >= 0.6 is 0 Å². The highest BCUT2D eigenvalue weighted by molar-refractivity contribution is 5.94. The molecule has 2 aromatic carbocycles. The molecule has 1 aliphatic rings. The Morgan fingerprint density at radius 3 is 2.31 bits per heavy atom. The van der Waals surface area contributed by atoms with Crippen LogP contribution in [0.25, 0.3) is 0 Å². The summed E-state index contributed by atoms with van der Waals surface area (Å²) in [5, 5.41) is 3.13. The first-order chi connectivity index (χ1) is 15.3. The predicted molar refractivity (Wildman–Crippen MR) is 118 cm³/mol. The van der Waals surface area contributed by atoms with Crippen LogP contribution in [0.5, 0.6) is 5.75 Å². The fourth-order valence-corrected chi connectivity index (χ4v) is 3.81. The number of rotatable bonds is 8. The van der Waals surface area contributed by atoms with Gasteiger partial charge in [0, 0.05) is 31.7 Å².